The zero-order valence-electron chi connectivity index (χ0n) is 11.8. The highest BCUT2D eigenvalue weighted by Crippen LogP contribution is 2.26. The summed E-state index contributed by atoms with van der Waals surface area (Å²) < 4.78 is 0. The van der Waals surface area contributed by atoms with Crippen molar-refractivity contribution in [1.29, 1.82) is 0 Å². The van der Waals surface area contributed by atoms with Crippen LogP contribution in [0.3, 0.4) is 0 Å². The molecule has 0 spiro atoms. The summed E-state index contributed by atoms with van der Waals surface area (Å²) in [4.78, 5) is 2.07. The largest absolute Gasteiger partial charge is 0.504 e. The molecule has 0 aliphatic rings. The van der Waals surface area contributed by atoms with Crippen molar-refractivity contribution in [3.8, 4) is 23.0 Å². The molecule has 0 heterocycles. The van der Waals surface area contributed by atoms with Gasteiger partial charge in [0.15, 0.2) is 23.0 Å². The van der Waals surface area contributed by atoms with E-state index in [1.807, 2.05) is 7.05 Å². The van der Waals surface area contributed by atoms with Gasteiger partial charge in [0.2, 0.25) is 0 Å². The topological polar surface area (TPSA) is 84.2 Å². The third-order valence-corrected chi connectivity index (χ3v) is 3.31. The van der Waals surface area contributed by atoms with E-state index in [1.54, 1.807) is 18.2 Å². The summed E-state index contributed by atoms with van der Waals surface area (Å²) in [6.07, 6.45) is 0.731. The minimum Gasteiger partial charge on any atom is -0.504 e. The molecule has 112 valence electrons. The number of benzene rings is 2. The Balaban J connectivity index is 1.90. The summed E-state index contributed by atoms with van der Waals surface area (Å²) in [7, 11) is 1.95. The Hall–Kier alpha value is -2.40. The molecule has 0 aliphatic heterocycles. The lowest BCUT2D eigenvalue weighted by atomic mass is 10.1. The van der Waals surface area contributed by atoms with E-state index < -0.39 is 0 Å². The first-order chi connectivity index (χ1) is 9.95. The van der Waals surface area contributed by atoms with Crippen LogP contribution in [0, 0.1) is 0 Å². The van der Waals surface area contributed by atoms with E-state index in [-0.39, 0.29) is 23.0 Å². The molecule has 0 bridgehead atoms. The number of aromatic hydroxyl groups is 4. The smallest absolute Gasteiger partial charge is 0.157 e. The second-order valence-electron chi connectivity index (χ2n) is 5.13. The van der Waals surface area contributed by atoms with Gasteiger partial charge < -0.3 is 25.3 Å². The van der Waals surface area contributed by atoms with Crippen molar-refractivity contribution in [1.82, 2.24) is 4.90 Å². The summed E-state index contributed by atoms with van der Waals surface area (Å²) in [5, 5.41) is 37.4. The molecular weight excluding hydrogens is 270 g/mol. The van der Waals surface area contributed by atoms with E-state index in [2.05, 4.69) is 4.90 Å². The van der Waals surface area contributed by atoms with Crippen LogP contribution in [0.2, 0.25) is 0 Å². The molecule has 0 saturated heterocycles. The highest BCUT2D eigenvalue weighted by Gasteiger charge is 2.06. The highest BCUT2D eigenvalue weighted by molar-refractivity contribution is 5.41. The SMILES string of the molecule is CN(CCc1ccc(O)c(O)c1)Cc1ccc(O)c(O)c1. The lowest BCUT2D eigenvalue weighted by Crippen LogP contribution is -2.20. The molecule has 0 amide bonds. The number of hydrogen-bond acceptors (Lipinski definition) is 5. The normalized spacial score (nSPS) is 11.0. The van der Waals surface area contributed by atoms with Crippen LogP contribution in [-0.2, 0) is 13.0 Å². The van der Waals surface area contributed by atoms with E-state index >= 15 is 0 Å². The molecule has 0 radical (unpaired) electrons. The van der Waals surface area contributed by atoms with E-state index in [4.69, 9.17) is 0 Å². The van der Waals surface area contributed by atoms with Gasteiger partial charge in [0.25, 0.3) is 0 Å². The molecule has 21 heavy (non-hydrogen) atoms. The Morgan fingerprint density at radius 1 is 0.762 bits per heavy atom. The van der Waals surface area contributed by atoms with E-state index in [9.17, 15) is 20.4 Å². The molecule has 5 nitrogen and oxygen atoms in total. The van der Waals surface area contributed by atoms with Crippen LogP contribution in [0.25, 0.3) is 0 Å². The van der Waals surface area contributed by atoms with Gasteiger partial charge in [0, 0.05) is 13.1 Å². The van der Waals surface area contributed by atoms with Gasteiger partial charge in [-0.1, -0.05) is 12.1 Å². The Labute approximate surface area is 123 Å². The van der Waals surface area contributed by atoms with Crippen molar-refractivity contribution >= 4 is 0 Å². The van der Waals surface area contributed by atoms with Gasteiger partial charge in [0.05, 0.1) is 0 Å². The van der Waals surface area contributed by atoms with Crippen molar-refractivity contribution in [2.75, 3.05) is 13.6 Å². The first kappa shape index (κ1) is 15.0. The molecule has 0 atom stereocenters. The minimum atomic E-state index is -0.124. The third-order valence-electron chi connectivity index (χ3n) is 3.31. The van der Waals surface area contributed by atoms with Crippen LogP contribution < -0.4 is 0 Å². The first-order valence-corrected chi connectivity index (χ1v) is 6.66. The summed E-state index contributed by atoms with van der Waals surface area (Å²) in [6.45, 7) is 1.39. The first-order valence-electron chi connectivity index (χ1n) is 6.66. The van der Waals surface area contributed by atoms with Gasteiger partial charge in [-0.2, -0.15) is 0 Å². The minimum absolute atomic E-state index is 0.112. The molecule has 5 heteroatoms. The fourth-order valence-electron chi connectivity index (χ4n) is 2.10. The van der Waals surface area contributed by atoms with Crippen molar-refractivity contribution in [2.45, 2.75) is 13.0 Å². The standard InChI is InChI=1S/C16H19NO4/c1-17(10-12-3-5-14(19)16(21)9-12)7-6-11-2-4-13(18)15(20)8-11/h2-5,8-9,18-21H,6-7,10H2,1H3. The average Bonchev–Trinajstić information content (AvgIpc) is 2.44. The molecule has 2 aromatic rings. The summed E-state index contributed by atoms with van der Waals surface area (Å²) in [5.41, 5.74) is 1.84. The number of likely N-dealkylation sites (N-methyl/N-ethyl adjacent to an activating group) is 1. The fourth-order valence-corrected chi connectivity index (χ4v) is 2.10. The Morgan fingerprint density at radius 3 is 1.86 bits per heavy atom. The van der Waals surface area contributed by atoms with Crippen LogP contribution in [-0.4, -0.2) is 38.9 Å². The van der Waals surface area contributed by atoms with E-state index in [0.717, 1.165) is 24.1 Å². The van der Waals surface area contributed by atoms with Gasteiger partial charge in [-0.05, 0) is 48.9 Å². The van der Waals surface area contributed by atoms with Crippen LogP contribution in [0.4, 0.5) is 0 Å². The summed E-state index contributed by atoms with van der Waals surface area (Å²) in [5.74, 6) is -0.476. The van der Waals surface area contributed by atoms with Crippen LogP contribution in [0.15, 0.2) is 36.4 Å². The predicted molar refractivity (Wildman–Crippen MR) is 79.6 cm³/mol. The maximum Gasteiger partial charge on any atom is 0.157 e. The Bertz CT molecular complexity index is 628. The van der Waals surface area contributed by atoms with Gasteiger partial charge in [0.1, 0.15) is 0 Å². The van der Waals surface area contributed by atoms with Gasteiger partial charge in [-0.3, -0.25) is 0 Å². The number of phenols is 4. The Morgan fingerprint density at radius 2 is 1.29 bits per heavy atom. The third kappa shape index (κ3) is 4.03. The molecule has 2 aromatic carbocycles. The fraction of sp³-hybridized carbons (Fsp3) is 0.250. The second-order valence-corrected chi connectivity index (χ2v) is 5.13. The Kier molecular flexibility index (Phi) is 4.55. The zero-order chi connectivity index (χ0) is 15.4. The molecular formula is C16H19NO4. The average molecular weight is 289 g/mol. The van der Waals surface area contributed by atoms with Gasteiger partial charge >= 0.3 is 0 Å². The number of rotatable bonds is 5. The second kappa shape index (κ2) is 6.37. The molecule has 0 aliphatic carbocycles. The quantitative estimate of drug-likeness (QED) is 0.634. The molecule has 0 fully saturated rings. The highest BCUT2D eigenvalue weighted by atomic mass is 16.3. The van der Waals surface area contributed by atoms with Crippen molar-refractivity contribution in [2.24, 2.45) is 0 Å². The van der Waals surface area contributed by atoms with Gasteiger partial charge in [-0.15, -0.1) is 0 Å². The molecule has 2 rings (SSSR count). The molecule has 0 saturated carbocycles. The van der Waals surface area contributed by atoms with Crippen molar-refractivity contribution in [3.63, 3.8) is 0 Å². The maximum absolute atomic E-state index is 9.46. The number of hydrogen-bond donors (Lipinski definition) is 4. The lowest BCUT2D eigenvalue weighted by molar-refractivity contribution is 0.329. The number of phenolic OH excluding ortho intramolecular Hbond substituents is 4. The van der Waals surface area contributed by atoms with E-state index in [1.165, 1.54) is 18.2 Å². The van der Waals surface area contributed by atoms with Crippen LogP contribution in [0.1, 0.15) is 11.1 Å². The zero-order valence-corrected chi connectivity index (χ0v) is 11.8. The monoisotopic (exact) mass is 289 g/mol. The predicted octanol–water partition coefficient (Wildman–Crippen LogP) is 2.18. The van der Waals surface area contributed by atoms with Crippen molar-refractivity contribution in [3.05, 3.63) is 47.5 Å². The lowest BCUT2D eigenvalue weighted by Gasteiger charge is -2.17. The van der Waals surface area contributed by atoms with Gasteiger partial charge in [-0.25, -0.2) is 0 Å². The number of nitrogens with zero attached hydrogens (tertiary/aromatic N) is 1. The maximum atomic E-state index is 9.46. The van der Waals surface area contributed by atoms with E-state index in [0.29, 0.717) is 6.54 Å². The van der Waals surface area contributed by atoms with Crippen molar-refractivity contribution < 1.29 is 20.4 Å². The summed E-state index contributed by atoms with van der Waals surface area (Å²) in [6, 6.07) is 9.57. The van der Waals surface area contributed by atoms with Crippen LogP contribution in [0.5, 0.6) is 23.0 Å². The molecule has 4 N–H and O–H groups in total. The molecule has 0 aromatic heterocycles. The molecule has 0 unspecified atom stereocenters. The summed E-state index contributed by atoms with van der Waals surface area (Å²) >= 11 is 0. The van der Waals surface area contributed by atoms with Crippen LogP contribution >= 0.6 is 0 Å².